The van der Waals surface area contributed by atoms with Crippen LogP contribution in [0.5, 0.6) is 0 Å². The molecule has 2 rings (SSSR count). The summed E-state index contributed by atoms with van der Waals surface area (Å²) in [4.78, 5) is 12.9. The molecule has 0 atom stereocenters. The van der Waals surface area contributed by atoms with E-state index < -0.39 is 0 Å². The summed E-state index contributed by atoms with van der Waals surface area (Å²) in [6, 6.07) is 17.7. The Morgan fingerprint density at radius 1 is 1.05 bits per heavy atom. The molecule has 0 aliphatic heterocycles. The first-order valence-electron chi connectivity index (χ1n) is 6.00. The number of amides is 1. The normalized spacial score (nSPS) is 10.6. The number of hydrogen-bond donors (Lipinski definition) is 1. The quantitative estimate of drug-likeness (QED) is 0.664. The van der Waals surface area contributed by atoms with E-state index in [1.54, 1.807) is 11.5 Å². The molecule has 0 unspecified atom stereocenters. The maximum Gasteiger partial charge on any atom is 0.248 e. The zero-order valence-electron chi connectivity index (χ0n) is 10.7. The average molecular weight is 269 g/mol. The molecule has 0 spiro atoms. The Bertz CT molecular complexity index is 578. The Kier molecular flexibility index (Phi) is 4.81. The number of aryl methyl sites for hydroxylation is 1. The van der Waals surface area contributed by atoms with E-state index in [1.165, 1.54) is 11.8 Å². The van der Waals surface area contributed by atoms with Crippen molar-refractivity contribution in [1.29, 1.82) is 0 Å². The lowest BCUT2D eigenvalue weighted by Crippen LogP contribution is -2.08. The fourth-order valence-electron chi connectivity index (χ4n) is 1.56. The smallest absolute Gasteiger partial charge is 0.248 e. The van der Waals surface area contributed by atoms with Crippen molar-refractivity contribution < 1.29 is 4.79 Å². The zero-order valence-corrected chi connectivity index (χ0v) is 11.5. The Labute approximate surface area is 117 Å². The van der Waals surface area contributed by atoms with Gasteiger partial charge in [-0.25, -0.2) is 0 Å². The second-order valence-electron chi connectivity index (χ2n) is 4.04. The first kappa shape index (κ1) is 13.4. The van der Waals surface area contributed by atoms with E-state index in [9.17, 15) is 4.79 Å². The minimum atomic E-state index is -0.113. The van der Waals surface area contributed by atoms with Gasteiger partial charge < -0.3 is 5.32 Å². The molecule has 1 N–H and O–H groups in total. The van der Waals surface area contributed by atoms with Crippen molar-refractivity contribution >= 4 is 23.4 Å². The molecule has 1 amide bonds. The van der Waals surface area contributed by atoms with Gasteiger partial charge in [0.1, 0.15) is 0 Å². The van der Waals surface area contributed by atoms with Crippen LogP contribution in [-0.4, -0.2) is 5.91 Å². The number of nitrogens with one attached hydrogen (secondary N) is 1. The predicted molar refractivity (Wildman–Crippen MR) is 81.2 cm³/mol. The Morgan fingerprint density at radius 3 is 2.47 bits per heavy atom. The predicted octanol–water partition coefficient (Wildman–Crippen LogP) is 4.24. The number of hydrogen-bond acceptors (Lipinski definition) is 2. The monoisotopic (exact) mass is 269 g/mol. The molecule has 2 nitrogen and oxygen atoms in total. The SMILES string of the molecule is Cc1ccccc1NC(=O)/C=C/Sc1ccccc1. The number of benzene rings is 2. The van der Waals surface area contributed by atoms with Crippen molar-refractivity contribution in [3.8, 4) is 0 Å². The van der Waals surface area contributed by atoms with Crippen LogP contribution in [0.25, 0.3) is 0 Å². The summed E-state index contributed by atoms with van der Waals surface area (Å²) in [5, 5.41) is 4.65. The highest BCUT2D eigenvalue weighted by molar-refractivity contribution is 8.02. The van der Waals surface area contributed by atoms with Crippen LogP contribution in [0.4, 0.5) is 5.69 Å². The Balaban J connectivity index is 1.90. The van der Waals surface area contributed by atoms with Crippen molar-refractivity contribution in [2.45, 2.75) is 11.8 Å². The fraction of sp³-hybridized carbons (Fsp3) is 0.0625. The van der Waals surface area contributed by atoms with E-state index in [2.05, 4.69) is 5.32 Å². The number of carbonyl (C=O) groups is 1. The number of para-hydroxylation sites is 1. The molecular weight excluding hydrogens is 254 g/mol. The molecule has 96 valence electrons. The topological polar surface area (TPSA) is 29.1 Å². The number of carbonyl (C=O) groups excluding carboxylic acids is 1. The van der Waals surface area contributed by atoms with E-state index >= 15 is 0 Å². The molecule has 0 saturated carbocycles. The van der Waals surface area contributed by atoms with Crippen LogP contribution in [0, 0.1) is 6.92 Å². The highest BCUT2D eigenvalue weighted by Crippen LogP contribution is 2.18. The van der Waals surface area contributed by atoms with Gasteiger partial charge in [0.2, 0.25) is 5.91 Å². The van der Waals surface area contributed by atoms with E-state index in [0.717, 1.165) is 16.1 Å². The summed E-state index contributed by atoms with van der Waals surface area (Å²) in [7, 11) is 0. The summed E-state index contributed by atoms with van der Waals surface area (Å²) in [5.74, 6) is -0.113. The first-order chi connectivity index (χ1) is 9.25. The molecule has 2 aromatic rings. The van der Waals surface area contributed by atoms with Gasteiger partial charge in [-0.2, -0.15) is 0 Å². The van der Waals surface area contributed by atoms with E-state index in [4.69, 9.17) is 0 Å². The third kappa shape index (κ3) is 4.30. The van der Waals surface area contributed by atoms with E-state index in [-0.39, 0.29) is 5.91 Å². The Hall–Kier alpha value is -2.00. The summed E-state index contributed by atoms with van der Waals surface area (Å²) in [6.07, 6.45) is 1.55. The van der Waals surface area contributed by atoms with Crippen LogP contribution >= 0.6 is 11.8 Å². The summed E-state index contributed by atoms with van der Waals surface area (Å²) in [6.45, 7) is 1.97. The molecule has 0 fully saturated rings. The van der Waals surface area contributed by atoms with Gasteiger partial charge in [-0.15, -0.1) is 0 Å². The average Bonchev–Trinajstić information content (AvgIpc) is 2.43. The number of rotatable bonds is 4. The summed E-state index contributed by atoms with van der Waals surface area (Å²) in [5.41, 5.74) is 1.90. The molecule has 3 heteroatoms. The van der Waals surface area contributed by atoms with Gasteiger partial charge in [-0.05, 0) is 36.1 Å². The highest BCUT2D eigenvalue weighted by Gasteiger charge is 1.99. The molecule has 0 radical (unpaired) electrons. The summed E-state index contributed by atoms with van der Waals surface area (Å²) < 4.78 is 0. The molecule has 0 bridgehead atoms. The van der Waals surface area contributed by atoms with Crippen LogP contribution < -0.4 is 5.32 Å². The standard InChI is InChI=1S/C16H15NOS/c1-13-7-5-6-10-15(13)17-16(18)11-12-19-14-8-3-2-4-9-14/h2-12H,1H3,(H,17,18)/b12-11+. The third-order valence-electron chi connectivity index (χ3n) is 2.57. The second-order valence-corrected chi connectivity index (χ2v) is 5.02. The van der Waals surface area contributed by atoms with Gasteiger partial charge in [0.15, 0.2) is 0 Å². The van der Waals surface area contributed by atoms with E-state index in [1.807, 2.05) is 61.5 Å². The fourth-order valence-corrected chi connectivity index (χ4v) is 2.22. The van der Waals surface area contributed by atoms with Crippen LogP contribution in [0.3, 0.4) is 0 Å². The molecule has 0 aliphatic carbocycles. The lowest BCUT2D eigenvalue weighted by molar-refractivity contribution is -0.111. The maximum absolute atomic E-state index is 11.7. The lowest BCUT2D eigenvalue weighted by Gasteiger charge is -2.05. The van der Waals surface area contributed by atoms with Crippen LogP contribution in [-0.2, 0) is 4.79 Å². The molecule has 0 heterocycles. The molecular formula is C16H15NOS. The van der Waals surface area contributed by atoms with E-state index in [0.29, 0.717) is 0 Å². The first-order valence-corrected chi connectivity index (χ1v) is 6.88. The van der Waals surface area contributed by atoms with Crippen LogP contribution in [0.15, 0.2) is 71.0 Å². The molecule has 0 aliphatic rings. The van der Waals surface area contributed by atoms with Crippen LogP contribution in [0.1, 0.15) is 5.56 Å². The van der Waals surface area contributed by atoms with Crippen molar-refractivity contribution in [3.05, 3.63) is 71.6 Å². The lowest BCUT2D eigenvalue weighted by atomic mass is 10.2. The minimum absolute atomic E-state index is 0.113. The molecule has 2 aromatic carbocycles. The van der Waals surface area contributed by atoms with Gasteiger partial charge in [-0.1, -0.05) is 48.2 Å². The van der Waals surface area contributed by atoms with Crippen molar-refractivity contribution in [2.75, 3.05) is 5.32 Å². The second kappa shape index (κ2) is 6.81. The minimum Gasteiger partial charge on any atom is -0.322 e. The number of anilines is 1. The Morgan fingerprint density at radius 2 is 1.74 bits per heavy atom. The maximum atomic E-state index is 11.7. The van der Waals surface area contributed by atoms with Crippen molar-refractivity contribution in [1.82, 2.24) is 0 Å². The van der Waals surface area contributed by atoms with Gasteiger partial charge in [0.25, 0.3) is 0 Å². The zero-order chi connectivity index (χ0) is 13.5. The van der Waals surface area contributed by atoms with Gasteiger partial charge in [-0.3, -0.25) is 4.79 Å². The third-order valence-corrected chi connectivity index (χ3v) is 3.39. The highest BCUT2D eigenvalue weighted by atomic mass is 32.2. The molecule has 0 saturated heterocycles. The van der Waals surface area contributed by atoms with Gasteiger partial charge >= 0.3 is 0 Å². The van der Waals surface area contributed by atoms with Crippen LogP contribution in [0.2, 0.25) is 0 Å². The van der Waals surface area contributed by atoms with Crippen molar-refractivity contribution in [3.63, 3.8) is 0 Å². The van der Waals surface area contributed by atoms with Crippen molar-refractivity contribution in [2.24, 2.45) is 0 Å². The molecule has 0 aromatic heterocycles. The number of thioether (sulfide) groups is 1. The summed E-state index contributed by atoms with van der Waals surface area (Å²) >= 11 is 1.52. The largest absolute Gasteiger partial charge is 0.322 e. The van der Waals surface area contributed by atoms with Gasteiger partial charge in [0, 0.05) is 16.7 Å². The van der Waals surface area contributed by atoms with Gasteiger partial charge in [0.05, 0.1) is 0 Å². The molecule has 19 heavy (non-hydrogen) atoms.